The molecule has 0 atom stereocenters. The highest BCUT2D eigenvalue weighted by Gasteiger charge is 2.50. The van der Waals surface area contributed by atoms with Gasteiger partial charge in [-0.3, -0.25) is 9.69 Å². The molecule has 1 aliphatic heterocycles. The van der Waals surface area contributed by atoms with Gasteiger partial charge in [-0.1, -0.05) is 19.3 Å². The van der Waals surface area contributed by atoms with E-state index in [4.69, 9.17) is 5.11 Å². The number of aliphatic hydroxyl groups excluding tert-OH is 1. The number of hydrogen-bond donors (Lipinski definition) is 2. The van der Waals surface area contributed by atoms with Crippen molar-refractivity contribution in [2.75, 3.05) is 13.2 Å². The highest BCUT2D eigenvalue weighted by molar-refractivity contribution is 6.07. The molecular formula is C10H16N2O3. The average molecular weight is 212 g/mol. The van der Waals surface area contributed by atoms with E-state index in [0.717, 1.165) is 37.0 Å². The third-order valence-electron chi connectivity index (χ3n) is 3.28. The Balaban J connectivity index is 2.15. The van der Waals surface area contributed by atoms with Crippen LogP contribution in [0.5, 0.6) is 0 Å². The molecule has 5 heteroatoms. The molecule has 2 rings (SSSR count). The second kappa shape index (κ2) is 3.81. The van der Waals surface area contributed by atoms with Gasteiger partial charge in [0.05, 0.1) is 13.2 Å². The van der Waals surface area contributed by atoms with Crippen LogP contribution in [0.4, 0.5) is 4.79 Å². The minimum absolute atomic E-state index is 0.104. The van der Waals surface area contributed by atoms with E-state index < -0.39 is 5.54 Å². The Labute approximate surface area is 88.4 Å². The van der Waals surface area contributed by atoms with Crippen LogP contribution in [0.3, 0.4) is 0 Å². The molecule has 0 aromatic carbocycles. The normalized spacial score (nSPS) is 24.7. The molecule has 15 heavy (non-hydrogen) atoms. The topological polar surface area (TPSA) is 69.6 Å². The van der Waals surface area contributed by atoms with Crippen molar-refractivity contribution in [3.8, 4) is 0 Å². The maximum atomic E-state index is 12.0. The van der Waals surface area contributed by atoms with Crippen molar-refractivity contribution in [1.82, 2.24) is 10.2 Å². The van der Waals surface area contributed by atoms with E-state index in [-0.39, 0.29) is 25.1 Å². The summed E-state index contributed by atoms with van der Waals surface area (Å²) in [6, 6.07) is -0.351. The van der Waals surface area contributed by atoms with E-state index in [1.807, 2.05) is 0 Å². The van der Waals surface area contributed by atoms with Gasteiger partial charge in [-0.2, -0.15) is 0 Å². The van der Waals surface area contributed by atoms with Gasteiger partial charge in [-0.05, 0) is 12.8 Å². The number of nitrogens with zero attached hydrogens (tertiary/aromatic N) is 1. The summed E-state index contributed by atoms with van der Waals surface area (Å²) in [5.41, 5.74) is -0.648. The quantitative estimate of drug-likeness (QED) is 0.644. The average Bonchev–Trinajstić information content (AvgIpc) is 2.45. The molecule has 1 heterocycles. The number of urea groups is 1. The SMILES string of the molecule is O=C1NC2(CCCCC2)C(=O)N1CCO. The summed E-state index contributed by atoms with van der Waals surface area (Å²) in [7, 11) is 0. The maximum absolute atomic E-state index is 12.0. The van der Waals surface area contributed by atoms with Crippen molar-refractivity contribution in [1.29, 1.82) is 0 Å². The molecule has 0 bridgehead atoms. The minimum atomic E-state index is -0.648. The largest absolute Gasteiger partial charge is 0.395 e. The highest BCUT2D eigenvalue weighted by atomic mass is 16.3. The lowest BCUT2D eigenvalue weighted by Gasteiger charge is -2.30. The van der Waals surface area contributed by atoms with Crippen LogP contribution >= 0.6 is 0 Å². The van der Waals surface area contributed by atoms with Gasteiger partial charge in [0, 0.05) is 0 Å². The zero-order valence-corrected chi connectivity index (χ0v) is 8.66. The molecule has 0 unspecified atom stereocenters. The molecule has 1 saturated carbocycles. The van der Waals surface area contributed by atoms with Crippen LogP contribution in [0, 0.1) is 0 Å². The highest BCUT2D eigenvalue weighted by Crippen LogP contribution is 2.33. The molecule has 84 valence electrons. The molecule has 0 aromatic heterocycles. The molecule has 1 spiro atoms. The van der Waals surface area contributed by atoms with Crippen LogP contribution < -0.4 is 5.32 Å². The predicted molar refractivity (Wildman–Crippen MR) is 53.1 cm³/mol. The lowest BCUT2D eigenvalue weighted by molar-refractivity contribution is -0.132. The van der Waals surface area contributed by atoms with Gasteiger partial charge in [0.25, 0.3) is 5.91 Å². The summed E-state index contributed by atoms with van der Waals surface area (Å²) in [6.45, 7) is -0.0678. The van der Waals surface area contributed by atoms with Crippen LogP contribution in [-0.4, -0.2) is 40.6 Å². The lowest BCUT2D eigenvalue weighted by atomic mass is 9.82. The molecule has 1 aliphatic carbocycles. The first kappa shape index (κ1) is 10.4. The zero-order valence-electron chi connectivity index (χ0n) is 8.66. The summed E-state index contributed by atoms with van der Waals surface area (Å²) >= 11 is 0. The Morgan fingerprint density at radius 1 is 1.27 bits per heavy atom. The van der Waals surface area contributed by atoms with Crippen LogP contribution in [0.15, 0.2) is 0 Å². The Morgan fingerprint density at radius 3 is 2.53 bits per heavy atom. The van der Waals surface area contributed by atoms with Gasteiger partial charge in [0.2, 0.25) is 0 Å². The van der Waals surface area contributed by atoms with Crippen molar-refractivity contribution in [3.05, 3.63) is 0 Å². The van der Waals surface area contributed by atoms with Crippen molar-refractivity contribution in [2.45, 2.75) is 37.6 Å². The Hall–Kier alpha value is -1.10. The Morgan fingerprint density at radius 2 is 1.93 bits per heavy atom. The van der Waals surface area contributed by atoms with Gasteiger partial charge in [-0.15, -0.1) is 0 Å². The number of carbonyl (C=O) groups is 2. The molecule has 2 N–H and O–H groups in total. The number of aliphatic hydroxyl groups is 1. The first-order valence-electron chi connectivity index (χ1n) is 5.45. The third-order valence-corrected chi connectivity index (χ3v) is 3.28. The van der Waals surface area contributed by atoms with Gasteiger partial charge < -0.3 is 10.4 Å². The number of nitrogens with one attached hydrogen (secondary N) is 1. The van der Waals surface area contributed by atoms with Crippen molar-refractivity contribution >= 4 is 11.9 Å². The minimum Gasteiger partial charge on any atom is -0.395 e. The van der Waals surface area contributed by atoms with Crippen molar-refractivity contribution in [3.63, 3.8) is 0 Å². The lowest BCUT2D eigenvalue weighted by Crippen LogP contribution is -2.48. The summed E-state index contributed by atoms with van der Waals surface area (Å²) < 4.78 is 0. The number of carbonyl (C=O) groups excluding carboxylic acids is 2. The number of imide groups is 1. The van der Waals surface area contributed by atoms with Crippen LogP contribution in [0.2, 0.25) is 0 Å². The first-order chi connectivity index (χ1) is 7.19. The summed E-state index contributed by atoms with van der Waals surface area (Å²) in [5, 5.41) is 11.6. The fraction of sp³-hybridized carbons (Fsp3) is 0.800. The second-order valence-corrected chi connectivity index (χ2v) is 4.25. The number of rotatable bonds is 2. The number of hydrogen-bond acceptors (Lipinski definition) is 3. The molecule has 0 aromatic rings. The smallest absolute Gasteiger partial charge is 0.325 e. The van der Waals surface area contributed by atoms with Crippen LogP contribution in [-0.2, 0) is 4.79 Å². The zero-order chi connectivity index (χ0) is 10.9. The Kier molecular flexibility index (Phi) is 2.65. The van der Waals surface area contributed by atoms with Gasteiger partial charge >= 0.3 is 6.03 Å². The van der Waals surface area contributed by atoms with E-state index in [0.29, 0.717) is 0 Å². The van der Waals surface area contributed by atoms with Crippen LogP contribution in [0.1, 0.15) is 32.1 Å². The summed E-state index contributed by atoms with van der Waals surface area (Å²) in [6.07, 6.45) is 4.57. The fourth-order valence-corrected chi connectivity index (χ4v) is 2.47. The maximum Gasteiger partial charge on any atom is 0.325 e. The van der Waals surface area contributed by atoms with E-state index in [1.54, 1.807) is 0 Å². The van der Waals surface area contributed by atoms with Gasteiger partial charge in [0.1, 0.15) is 5.54 Å². The molecule has 1 saturated heterocycles. The molecular weight excluding hydrogens is 196 g/mol. The summed E-state index contributed by atoms with van der Waals surface area (Å²) in [5.74, 6) is -0.152. The van der Waals surface area contributed by atoms with Crippen molar-refractivity contribution in [2.24, 2.45) is 0 Å². The standard InChI is InChI=1S/C10H16N2O3/c13-7-6-12-8(14)10(11-9(12)15)4-2-1-3-5-10/h13H,1-7H2,(H,11,15). The third kappa shape index (κ3) is 1.61. The molecule has 0 radical (unpaired) electrons. The molecule has 2 fully saturated rings. The van der Waals surface area contributed by atoms with E-state index in [9.17, 15) is 9.59 Å². The summed E-state index contributed by atoms with van der Waals surface area (Å²) in [4.78, 5) is 24.7. The van der Waals surface area contributed by atoms with E-state index in [2.05, 4.69) is 5.32 Å². The fourth-order valence-electron chi connectivity index (χ4n) is 2.47. The van der Waals surface area contributed by atoms with E-state index in [1.165, 1.54) is 0 Å². The number of amides is 3. The molecule has 3 amide bonds. The monoisotopic (exact) mass is 212 g/mol. The second-order valence-electron chi connectivity index (χ2n) is 4.25. The molecule has 5 nitrogen and oxygen atoms in total. The number of β-amino-alcohol motifs (C(OH)–C–C–N with tert-alkyl or cyclic N) is 1. The first-order valence-corrected chi connectivity index (χ1v) is 5.45. The van der Waals surface area contributed by atoms with Crippen molar-refractivity contribution < 1.29 is 14.7 Å². The van der Waals surface area contributed by atoms with E-state index >= 15 is 0 Å². The molecule has 2 aliphatic rings. The van der Waals surface area contributed by atoms with Gasteiger partial charge in [0.15, 0.2) is 0 Å². The van der Waals surface area contributed by atoms with Crippen LogP contribution in [0.25, 0.3) is 0 Å². The Bertz CT molecular complexity index is 284. The predicted octanol–water partition coefficient (Wildman–Crippen LogP) is 0.233. The van der Waals surface area contributed by atoms with Gasteiger partial charge in [-0.25, -0.2) is 4.79 Å².